The molecule has 1 aromatic rings. The Balaban J connectivity index is 2.79. The molecule has 0 aliphatic carbocycles. The quantitative estimate of drug-likeness (QED) is 0.774. The minimum Gasteiger partial charge on any atom is -0.394 e. The number of benzene rings is 1. The molecule has 120 valence electrons. The second-order valence-electron chi connectivity index (χ2n) is 5.09. The maximum Gasteiger partial charge on any atom is 0.401 e. The van der Waals surface area contributed by atoms with E-state index in [9.17, 15) is 18.3 Å². The van der Waals surface area contributed by atoms with E-state index in [0.29, 0.717) is 13.0 Å². The number of likely N-dealkylation sites (N-methyl/N-ethyl adjacent to an activating group) is 1. The van der Waals surface area contributed by atoms with Gasteiger partial charge in [-0.2, -0.15) is 13.2 Å². The van der Waals surface area contributed by atoms with Crippen LogP contribution in [0.3, 0.4) is 0 Å². The Bertz CT molecular complexity index is 405. The molecule has 0 fully saturated rings. The first-order chi connectivity index (χ1) is 9.87. The predicted octanol–water partition coefficient (Wildman–Crippen LogP) is 2.37. The van der Waals surface area contributed by atoms with Gasteiger partial charge in [-0.25, -0.2) is 0 Å². The van der Waals surface area contributed by atoms with Crippen molar-refractivity contribution in [2.75, 3.05) is 33.3 Å². The molecule has 0 bridgehead atoms. The zero-order chi connectivity index (χ0) is 15.9. The second-order valence-corrected chi connectivity index (χ2v) is 5.09. The first-order valence-electron chi connectivity index (χ1n) is 7.01. The van der Waals surface area contributed by atoms with Crippen molar-refractivity contribution in [2.24, 2.45) is 0 Å². The average molecular weight is 304 g/mol. The lowest BCUT2D eigenvalue weighted by molar-refractivity contribution is -0.146. The lowest BCUT2D eigenvalue weighted by atomic mass is 9.87. The Morgan fingerprint density at radius 2 is 1.81 bits per heavy atom. The molecule has 1 aromatic carbocycles. The van der Waals surface area contributed by atoms with E-state index in [1.165, 1.54) is 4.90 Å². The molecule has 0 radical (unpaired) electrons. The van der Waals surface area contributed by atoms with Gasteiger partial charge in [0, 0.05) is 6.54 Å². The van der Waals surface area contributed by atoms with Gasteiger partial charge in [-0.3, -0.25) is 4.90 Å². The predicted molar refractivity (Wildman–Crippen MR) is 77.1 cm³/mol. The van der Waals surface area contributed by atoms with Gasteiger partial charge in [0.05, 0.1) is 18.7 Å². The van der Waals surface area contributed by atoms with Crippen molar-refractivity contribution < 1.29 is 18.3 Å². The van der Waals surface area contributed by atoms with E-state index in [1.54, 1.807) is 14.0 Å². The van der Waals surface area contributed by atoms with Crippen molar-refractivity contribution in [1.82, 2.24) is 10.2 Å². The first kappa shape index (κ1) is 17.9. The summed E-state index contributed by atoms with van der Waals surface area (Å²) in [7, 11) is 1.71. The highest BCUT2D eigenvalue weighted by Crippen LogP contribution is 2.25. The fraction of sp³-hybridized carbons (Fsp3) is 0.600. The summed E-state index contributed by atoms with van der Waals surface area (Å²) >= 11 is 0. The molecule has 0 saturated carbocycles. The van der Waals surface area contributed by atoms with Crippen molar-refractivity contribution in [1.29, 1.82) is 0 Å². The summed E-state index contributed by atoms with van der Waals surface area (Å²) in [5, 5.41) is 12.8. The van der Waals surface area contributed by atoms with E-state index in [0.717, 1.165) is 5.56 Å². The van der Waals surface area contributed by atoms with Crippen molar-refractivity contribution >= 4 is 0 Å². The number of aliphatic hydroxyl groups is 1. The van der Waals surface area contributed by atoms with E-state index in [-0.39, 0.29) is 13.2 Å². The first-order valence-corrected chi connectivity index (χ1v) is 7.01. The molecular formula is C15H23F3N2O. The Morgan fingerprint density at radius 1 is 1.19 bits per heavy atom. The fourth-order valence-electron chi connectivity index (χ4n) is 2.37. The van der Waals surface area contributed by atoms with Crippen LogP contribution in [-0.4, -0.2) is 49.5 Å². The van der Waals surface area contributed by atoms with Gasteiger partial charge in [-0.05, 0) is 25.6 Å². The van der Waals surface area contributed by atoms with Crippen LogP contribution in [0.15, 0.2) is 30.3 Å². The molecule has 3 nitrogen and oxygen atoms in total. The lowest BCUT2D eigenvalue weighted by Gasteiger charge is -2.34. The summed E-state index contributed by atoms with van der Waals surface area (Å²) < 4.78 is 37.5. The fourth-order valence-corrected chi connectivity index (χ4v) is 2.37. The number of hydrogen-bond donors (Lipinski definition) is 2. The third kappa shape index (κ3) is 5.30. The summed E-state index contributed by atoms with van der Waals surface area (Å²) in [6.45, 7) is 1.18. The molecule has 1 atom stereocenters. The van der Waals surface area contributed by atoms with E-state index in [4.69, 9.17) is 0 Å². The van der Waals surface area contributed by atoms with Crippen molar-refractivity contribution in [3.8, 4) is 0 Å². The Morgan fingerprint density at radius 3 is 2.24 bits per heavy atom. The standard InChI is InChI=1S/C15H23F3N2O/c1-3-20(11-15(16,17)18)10-9-14(12-21,19-2)13-7-5-4-6-8-13/h4-8,19,21H,3,9-12H2,1-2H3. The molecule has 0 amide bonds. The summed E-state index contributed by atoms with van der Waals surface area (Å²) in [6, 6.07) is 9.30. The van der Waals surface area contributed by atoms with Gasteiger partial charge in [-0.1, -0.05) is 37.3 Å². The summed E-state index contributed by atoms with van der Waals surface area (Å²) in [4.78, 5) is 1.34. The minimum absolute atomic E-state index is 0.170. The van der Waals surface area contributed by atoms with Crippen molar-refractivity contribution in [3.05, 3.63) is 35.9 Å². The van der Waals surface area contributed by atoms with Crippen LogP contribution in [0.2, 0.25) is 0 Å². The summed E-state index contributed by atoms with van der Waals surface area (Å²) in [5.41, 5.74) is 0.151. The molecule has 1 unspecified atom stereocenters. The Labute approximate surface area is 123 Å². The number of aliphatic hydroxyl groups excluding tert-OH is 1. The summed E-state index contributed by atoms with van der Waals surface area (Å²) in [5.74, 6) is 0. The van der Waals surface area contributed by atoms with Crippen LogP contribution in [0, 0.1) is 0 Å². The highest BCUT2D eigenvalue weighted by molar-refractivity contribution is 5.24. The molecule has 0 aliphatic heterocycles. The van der Waals surface area contributed by atoms with E-state index in [2.05, 4.69) is 5.32 Å². The maximum atomic E-state index is 12.5. The lowest BCUT2D eigenvalue weighted by Crippen LogP contribution is -2.47. The molecule has 0 aromatic heterocycles. The number of nitrogens with zero attached hydrogens (tertiary/aromatic N) is 1. The highest BCUT2D eigenvalue weighted by atomic mass is 19.4. The molecular weight excluding hydrogens is 281 g/mol. The Kier molecular flexibility index (Phi) is 6.64. The zero-order valence-electron chi connectivity index (χ0n) is 12.5. The number of rotatable bonds is 8. The SMILES string of the molecule is CCN(CCC(CO)(NC)c1ccccc1)CC(F)(F)F. The largest absolute Gasteiger partial charge is 0.401 e. The Hall–Kier alpha value is -1.11. The maximum absolute atomic E-state index is 12.5. The van der Waals surface area contributed by atoms with Gasteiger partial charge in [-0.15, -0.1) is 0 Å². The normalized spacial score (nSPS) is 15.2. The van der Waals surface area contributed by atoms with Gasteiger partial charge < -0.3 is 10.4 Å². The van der Waals surface area contributed by atoms with Crippen LogP contribution >= 0.6 is 0 Å². The number of halogens is 3. The average Bonchev–Trinajstić information content (AvgIpc) is 2.47. The van der Waals surface area contributed by atoms with Crippen LogP contribution in [0.5, 0.6) is 0 Å². The number of hydrogen-bond acceptors (Lipinski definition) is 3. The monoisotopic (exact) mass is 304 g/mol. The van der Waals surface area contributed by atoms with Gasteiger partial charge in [0.2, 0.25) is 0 Å². The van der Waals surface area contributed by atoms with E-state index in [1.807, 2.05) is 30.3 Å². The topological polar surface area (TPSA) is 35.5 Å². The molecule has 21 heavy (non-hydrogen) atoms. The molecule has 0 spiro atoms. The van der Waals surface area contributed by atoms with Crippen molar-refractivity contribution in [2.45, 2.75) is 25.1 Å². The van der Waals surface area contributed by atoms with Gasteiger partial charge in [0.25, 0.3) is 0 Å². The minimum atomic E-state index is -4.20. The third-order valence-corrected chi connectivity index (χ3v) is 3.78. The van der Waals surface area contributed by atoms with Crippen LogP contribution in [-0.2, 0) is 5.54 Å². The molecule has 1 rings (SSSR count). The molecule has 0 aliphatic rings. The van der Waals surface area contributed by atoms with Crippen LogP contribution in [0.25, 0.3) is 0 Å². The van der Waals surface area contributed by atoms with Crippen LogP contribution < -0.4 is 5.32 Å². The number of nitrogens with one attached hydrogen (secondary N) is 1. The van der Waals surface area contributed by atoms with E-state index < -0.39 is 18.3 Å². The van der Waals surface area contributed by atoms with Crippen LogP contribution in [0.4, 0.5) is 13.2 Å². The second kappa shape index (κ2) is 7.77. The zero-order valence-corrected chi connectivity index (χ0v) is 12.5. The highest BCUT2D eigenvalue weighted by Gasteiger charge is 2.33. The van der Waals surface area contributed by atoms with Crippen LogP contribution in [0.1, 0.15) is 18.9 Å². The number of alkyl halides is 3. The van der Waals surface area contributed by atoms with Gasteiger partial charge in [0.1, 0.15) is 0 Å². The molecule has 6 heteroatoms. The van der Waals surface area contributed by atoms with Gasteiger partial charge in [0.15, 0.2) is 0 Å². The molecule has 0 heterocycles. The third-order valence-electron chi connectivity index (χ3n) is 3.78. The smallest absolute Gasteiger partial charge is 0.394 e. The van der Waals surface area contributed by atoms with Crippen molar-refractivity contribution in [3.63, 3.8) is 0 Å². The summed E-state index contributed by atoms with van der Waals surface area (Å²) in [6.07, 6.45) is -3.81. The molecule has 2 N–H and O–H groups in total. The van der Waals surface area contributed by atoms with Gasteiger partial charge >= 0.3 is 6.18 Å². The van der Waals surface area contributed by atoms with E-state index >= 15 is 0 Å². The molecule has 0 saturated heterocycles.